The van der Waals surface area contributed by atoms with Crippen molar-refractivity contribution in [3.63, 3.8) is 0 Å². The zero-order valence-electron chi connectivity index (χ0n) is 21.8. The molecular weight excluding hydrogens is 512 g/mol. The summed E-state index contributed by atoms with van der Waals surface area (Å²) >= 11 is 0. The smallest absolute Gasteiger partial charge is 0.294 e. The van der Waals surface area contributed by atoms with Crippen molar-refractivity contribution in [1.29, 1.82) is 0 Å². The maximum atomic E-state index is 11.7. The highest BCUT2D eigenvalue weighted by atomic mass is 32.2. The average Bonchev–Trinajstić information content (AvgIpc) is 3.15. The van der Waals surface area contributed by atoms with Crippen molar-refractivity contribution in [2.75, 3.05) is 18.0 Å². The number of hydrogen-bond donors (Lipinski definition) is 2. The Kier molecular flexibility index (Phi) is 6.56. The van der Waals surface area contributed by atoms with Crippen molar-refractivity contribution >= 4 is 37.3 Å². The monoisotopic (exact) mass is 545 g/mol. The molecule has 10 heteroatoms. The van der Waals surface area contributed by atoms with E-state index in [2.05, 4.69) is 9.48 Å². The van der Waals surface area contributed by atoms with E-state index in [1.54, 1.807) is 12.1 Å². The molecule has 37 heavy (non-hydrogen) atoms. The summed E-state index contributed by atoms with van der Waals surface area (Å²) in [5.41, 5.74) is 4.38. The van der Waals surface area contributed by atoms with Crippen molar-refractivity contribution in [2.45, 2.75) is 62.2 Å². The number of allylic oxidation sites excluding steroid dienone is 4. The number of anilines is 1. The highest BCUT2D eigenvalue weighted by molar-refractivity contribution is 7.86. The molecule has 4 rings (SSSR count). The van der Waals surface area contributed by atoms with Crippen LogP contribution in [0.1, 0.15) is 52.7 Å². The van der Waals surface area contributed by atoms with Gasteiger partial charge in [0.1, 0.15) is 6.54 Å². The van der Waals surface area contributed by atoms with Crippen LogP contribution in [0.3, 0.4) is 0 Å². The first-order chi connectivity index (χ1) is 17.0. The Morgan fingerprint density at radius 2 is 1.43 bits per heavy atom. The molecule has 2 aliphatic rings. The number of hydrogen-bond acceptors (Lipinski definition) is 5. The fourth-order valence-electron chi connectivity index (χ4n) is 5.54. The summed E-state index contributed by atoms with van der Waals surface area (Å²) in [6, 6.07) is 9.36. The molecule has 0 amide bonds. The minimum Gasteiger partial charge on any atom is -0.344 e. The summed E-state index contributed by atoms with van der Waals surface area (Å²) in [4.78, 5) is 1.87. The molecule has 198 valence electrons. The van der Waals surface area contributed by atoms with Gasteiger partial charge in [0.05, 0.1) is 15.2 Å². The van der Waals surface area contributed by atoms with Gasteiger partial charge < -0.3 is 4.90 Å². The third-order valence-corrected chi connectivity index (χ3v) is 9.16. The first-order valence-electron chi connectivity index (χ1n) is 12.1. The van der Waals surface area contributed by atoms with Gasteiger partial charge in [0.25, 0.3) is 20.2 Å². The Labute approximate surface area is 219 Å². The lowest BCUT2D eigenvalue weighted by Crippen LogP contribution is -2.28. The maximum Gasteiger partial charge on any atom is 0.294 e. The van der Waals surface area contributed by atoms with E-state index in [0.29, 0.717) is 13.1 Å². The maximum absolute atomic E-state index is 11.7. The van der Waals surface area contributed by atoms with Gasteiger partial charge in [-0.3, -0.25) is 9.11 Å². The second-order valence-corrected chi connectivity index (χ2v) is 13.2. The lowest BCUT2D eigenvalue weighted by Gasteiger charge is -2.25. The van der Waals surface area contributed by atoms with Crippen LogP contribution < -0.4 is 4.90 Å². The molecule has 0 unspecified atom stereocenters. The number of fused-ring (bicyclic) bond motifs is 2. The van der Waals surface area contributed by atoms with Crippen LogP contribution in [0.15, 0.2) is 70.1 Å². The summed E-state index contributed by atoms with van der Waals surface area (Å²) in [5, 5.41) is 0. The fourth-order valence-corrected chi connectivity index (χ4v) is 6.56. The number of likely N-dealkylation sites (N-methyl/N-ethyl adjacent to an activating group) is 1. The Morgan fingerprint density at radius 1 is 0.865 bits per heavy atom. The molecule has 0 fully saturated rings. The lowest BCUT2D eigenvalue weighted by molar-refractivity contribution is -0.433. The minimum absolute atomic E-state index is 0.129. The van der Waals surface area contributed by atoms with E-state index in [1.807, 2.05) is 59.8 Å². The Balaban J connectivity index is 1.77. The van der Waals surface area contributed by atoms with Gasteiger partial charge in [-0.1, -0.05) is 19.9 Å². The van der Waals surface area contributed by atoms with Gasteiger partial charge in [-0.2, -0.15) is 21.4 Å². The minimum atomic E-state index is -4.32. The Hall–Kier alpha value is -2.79. The molecule has 0 saturated carbocycles. The standard InChI is InChI=1S/C27H32N2O6S2/c1-7-28-22-14-12-18(36(30,31)32)16-20(22)26(3,4)24(28)10-9-11-25-27(5,6)21-17-19(37(33,34)35)13-15-23(21)29(25)8-2/h9-17H,7-8H2,1-6H3,(H-,30,31,32,33,34,35)/p+1. The predicted molar refractivity (Wildman–Crippen MR) is 144 cm³/mol. The number of benzene rings is 2. The van der Waals surface area contributed by atoms with Gasteiger partial charge in [0.2, 0.25) is 5.69 Å². The molecule has 0 saturated heterocycles. The van der Waals surface area contributed by atoms with Gasteiger partial charge in [-0.25, -0.2) is 0 Å². The molecule has 0 aliphatic carbocycles. The van der Waals surface area contributed by atoms with Crippen molar-refractivity contribution < 1.29 is 30.5 Å². The van der Waals surface area contributed by atoms with Crippen LogP contribution in [0, 0.1) is 0 Å². The second-order valence-electron chi connectivity index (χ2n) is 10.3. The van der Waals surface area contributed by atoms with E-state index in [0.717, 1.165) is 33.9 Å². The van der Waals surface area contributed by atoms with Crippen molar-refractivity contribution in [3.05, 3.63) is 71.5 Å². The molecule has 2 aliphatic heterocycles. The first kappa shape index (κ1) is 27.3. The molecule has 0 atom stereocenters. The third kappa shape index (κ3) is 4.46. The number of rotatable bonds is 6. The van der Waals surface area contributed by atoms with E-state index in [-0.39, 0.29) is 9.79 Å². The first-order valence-corrected chi connectivity index (χ1v) is 15.0. The normalized spacial score (nSPS) is 19.7. The van der Waals surface area contributed by atoms with Gasteiger partial charge in [-0.15, -0.1) is 0 Å². The average molecular weight is 546 g/mol. The summed E-state index contributed by atoms with van der Waals surface area (Å²) < 4.78 is 68.2. The summed E-state index contributed by atoms with van der Waals surface area (Å²) in [6.45, 7) is 13.5. The molecule has 0 radical (unpaired) electrons. The highest BCUT2D eigenvalue weighted by Gasteiger charge is 2.45. The number of nitrogens with zero attached hydrogens (tertiary/aromatic N) is 2. The van der Waals surface area contributed by atoms with Crippen LogP contribution in [0.2, 0.25) is 0 Å². The zero-order valence-corrected chi connectivity index (χ0v) is 23.5. The van der Waals surface area contributed by atoms with Gasteiger partial charge in [0.15, 0.2) is 5.71 Å². The molecular formula is C27H33N2O6S2+. The molecule has 0 aromatic heterocycles. The zero-order chi connectivity index (χ0) is 27.6. The third-order valence-electron chi connectivity index (χ3n) is 7.46. The summed E-state index contributed by atoms with van der Waals surface area (Å²) in [6.07, 6.45) is 5.99. The molecule has 2 heterocycles. The Morgan fingerprint density at radius 3 is 1.97 bits per heavy atom. The molecule has 8 nitrogen and oxygen atoms in total. The topological polar surface area (TPSA) is 115 Å². The van der Waals surface area contributed by atoms with Crippen molar-refractivity contribution in [1.82, 2.24) is 0 Å². The summed E-state index contributed by atoms with van der Waals surface area (Å²) in [7, 11) is -8.64. The van der Waals surface area contributed by atoms with E-state index >= 15 is 0 Å². The van der Waals surface area contributed by atoms with Crippen molar-refractivity contribution in [3.8, 4) is 0 Å². The Bertz CT molecular complexity index is 1600. The fraction of sp³-hybridized carbons (Fsp3) is 0.370. The largest absolute Gasteiger partial charge is 0.344 e. The van der Waals surface area contributed by atoms with E-state index < -0.39 is 31.1 Å². The van der Waals surface area contributed by atoms with E-state index in [1.165, 1.54) is 24.3 Å². The van der Waals surface area contributed by atoms with E-state index in [9.17, 15) is 25.9 Å². The van der Waals surface area contributed by atoms with Crippen molar-refractivity contribution in [2.24, 2.45) is 0 Å². The van der Waals surface area contributed by atoms with Gasteiger partial charge >= 0.3 is 0 Å². The van der Waals surface area contributed by atoms with Crippen LogP contribution in [-0.2, 0) is 31.1 Å². The van der Waals surface area contributed by atoms with Crippen LogP contribution >= 0.6 is 0 Å². The van der Waals surface area contributed by atoms with Gasteiger partial charge in [0, 0.05) is 41.1 Å². The second kappa shape index (κ2) is 8.90. The summed E-state index contributed by atoms with van der Waals surface area (Å²) in [5.74, 6) is 0. The van der Waals surface area contributed by atoms with Gasteiger partial charge in [-0.05, 0) is 69.7 Å². The predicted octanol–water partition coefficient (Wildman–Crippen LogP) is 4.83. The van der Waals surface area contributed by atoms with Crippen LogP contribution in [-0.4, -0.2) is 49.3 Å². The molecule has 2 aromatic rings. The van der Waals surface area contributed by atoms with Crippen LogP contribution in [0.25, 0.3) is 0 Å². The molecule has 0 spiro atoms. The molecule has 2 aromatic carbocycles. The van der Waals surface area contributed by atoms with Crippen LogP contribution in [0.5, 0.6) is 0 Å². The van der Waals surface area contributed by atoms with E-state index in [4.69, 9.17) is 0 Å². The SMILES string of the molecule is CCN1/C(=C\C=C\C2=[N+](CC)c3ccc(S(=O)(=O)O)cc3C2(C)C)C(C)(C)c2cc(S(=O)(=O)O)ccc21. The molecule has 2 N–H and O–H groups in total. The molecule has 0 bridgehead atoms. The quantitative estimate of drug-likeness (QED) is 0.394. The highest BCUT2D eigenvalue weighted by Crippen LogP contribution is 2.48. The van der Waals surface area contributed by atoms with Crippen LogP contribution in [0.4, 0.5) is 11.4 Å². The lowest BCUT2D eigenvalue weighted by atomic mass is 9.81.